The van der Waals surface area contributed by atoms with Crippen LogP contribution in [0.15, 0.2) is 12.4 Å². The number of hydrogen-bond acceptors (Lipinski definition) is 2. The van der Waals surface area contributed by atoms with E-state index in [1.807, 2.05) is 10.9 Å². The molecule has 0 aliphatic carbocycles. The van der Waals surface area contributed by atoms with Crippen molar-refractivity contribution in [3.05, 3.63) is 12.4 Å². The van der Waals surface area contributed by atoms with Gasteiger partial charge in [-0.3, -0.25) is 4.68 Å². The SMILES string of the molecule is CCCCC(CC)Nc1cnn(CCC)c1. The van der Waals surface area contributed by atoms with Crippen molar-refractivity contribution >= 4 is 5.69 Å². The Morgan fingerprint density at radius 3 is 2.75 bits per heavy atom. The van der Waals surface area contributed by atoms with Crippen molar-refractivity contribution in [3.63, 3.8) is 0 Å². The minimum Gasteiger partial charge on any atom is -0.380 e. The van der Waals surface area contributed by atoms with Crippen LogP contribution < -0.4 is 5.32 Å². The molecule has 1 aromatic rings. The van der Waals surface area contributed by atoms with Crippen molar-refractivity contribution in [3.8, 4) is 0 Å². The van der Waals surface area contributed by atoms with Gasteiger partial charge in [-0.1, -0.05) is 33.6 Å². The van der Waals surface area contributed by atoms with Gasteiger partial charge in [0.2, 0.25) is 0 Å². The molecular weight excluding hydrogens is 198 g/mol. The van der Waals surface area contributed by atoms with Crippen LogP contribution in [0.2, 0.25) is 0 Å². The lowest BCUT2D eigenvalue weighted by molar-refractivity contribution is 0.591. The van der Waals surface area contributed by atoms with E-state index in [4.69, 9.17) is 0 Å². The predicted octanol–water partition coefficient (Wildman–Crippen LogP) is 3.67. The van der Waals surface area contributed by atoms with Crippen molar-refractivity contribution in [2.24, 2.45) is 0 Å². The second-order valence-corrected chi connectivity index (χ2v) is 4.38. The second kappa shape index (κ2) is 7.31. The van der Waals surface area contributed by atoms with Gasteiger partial charge < -0.3 is 5.32 Å². The third kappa shape index (κ3) is 4.25. The van der Waals surface area contributed by atoms with Crippen LogP contribution in [-0.4, -0.2) is 15.8 Å². The zero-order valence-electron chi connectivity index (χ0n) is 10.9. The molecule has 1 aromatic heterocycles. The molecule has 3 nitrogen and oxygen atoms in total. The first-order chi connectivity index (χ1) is 7.80. The molecule has 0 amide bonds. The summed E-state index contributed by atoms with van der Waals surface area (Å²) in [6.45, 7) is 7.66. The minimum atomic E-state index is 0.597. The summed E-state index contributed by atoms with van der Waals surface area (Å²) < 4.78 is 2.01. The summed E-state index contributed by atoms with van der Waals surface area (Å²) in [5.41, 5.74) is 1.16. The van der Waals surface area contributed by atoms with Crippen molar-refractivity contribution in [2.75, 3.05) is 5.32 Å². The average Bonchev–Trinajstić information content (AvgIpc) is 2.72. The molecule has 1 unspecified atom stereocenters. The van der Waals surface area contributed by atoms with E-state index in [9.17, 15) is 0 Å². The van der Waals surface area contributed by atoms with Gasteiger partial charge in [0, 0.05) is 18.8 Å². The Morgan fingerprint density at radius 1 is 1.31 bits per heavy atom. The maximum atomic E-state index is 4.33. The first-order valence-electron chi connectivity index (χ1n) is 6.59. The predicted molar refractivity (Wildman–Crippen MR) is 69.7 cm³/mol. The molecule has 0 spiro atoms. The van der Waals surface area contributed by atoms with E-state index in [0.29, 0.717) is 6.04 Å². The number of unbranched alkanes of at least 4 members (excludes halogenated alkanes) is 1. The quantitative estimate of drug-likeness (QED) is 0.728. The Kier molecular flexibility index (Phi) is 5.98. The number of hydrogen-bond donors (Lipinski definition) is 1. The van der Waals surface area contributed by atoms with Crippen LogP contribution in [-0.2, 0) is 6.54 Å². The van der Waals surface area contributed by atoms with Crippen LogP contribution >= 0.6 is 0 Å². The normalized spacial score (nSPS) is 12.7. The van der Waals surface area contributed by atoms with Crippen molar-refractivity contribution in [1.29, 1.82) is 0 Å². The van der Waals surface area contributed by atoms with E-state index >= 15 is 0 Å². The highest BCUT2D eigenvalue weighted by Crippen LogP contribution is 2.13. The first-order valence-corrected chi connectivity index (χ1v) is 6.59. The lowest BCUT2D eigenvalue weighted by Gasteiger charge is -2.16. The Morgan fingerprint density at radius 2 is 2.12 bits per heavy atom. The van der Waals surface area contributed by atoms with Gasteiger partial charge in [0.1, 0.15) is 0 Å². The molecule has 1 rings (SSSR count). The number of anilines is 1. The van der Waals surface area contributed by atoms with E-state index in [0.717, 1.165) is 18.7 Å². The van der Waals surface area contributed by atoms with Gasteiger partial charge in [-0.2, -0.15) is 5.10 Å². The molecule has 16 heavy (non-hydrogen) atoms. The van der Waals surface area contributed by atoms with Crippen LogP contribution in [0, 0.1) is 0 Å². The first kappa shape index (κ1) is 13.1. The summed E-state index contributed by atoms with van der Waals surface area (Å²) in [7, 11) is 0. The monoisotopic (exact) mass is 223 g/mol. The standard InChI is InChI=1S/C13H25N3/c1-4-7-8-12(6-3)15-13-10-14-16(11-13)9-5-2/h10-12,15H,4-9H2,1-3H3. The van der Waals surface area contributed by atoms with E-state index in [1.165, 1.54) is 25.7 Å². The molecule has 1 atom stereocenters. The van der Waals surface area contributed by atoms with Crippen molar-refractivity contribution in [1.82, 2.24) is 9.78 Å². The smallest absolute Gasteiger partial charge is 0.0728 e. The summed E-state index contributed by atoms with van der Waals surface area (Å²) in [5, 5.41) is 7.89. The highest BCUT2D eigenvalue weighted by Gasteiger charge is 2.06. The van der Waals surface area contributed by atoms with Gasteiger partial charge in [0.25, 0.3) is 0 Å². The fraction of sp³-hybridized carbons (Fsp3) is 0.769. The maximum absolute atomic E-state index is 4.33. The van der Waals surface area contributed by atoms with Gasteiger partial charge in [0.15, 0.2) is 0 Å². The molecule has 0 aliphatic rings. The highest BCUT2D eigenvalue weighted by molar-refractivity contribution is 5.39. The van der Waals surface area contributed by atoms with E-state index in [-0.39, 0.29) is 0 Å². The summed E-state index contributed by atoms with van der Waals surface area (Å²) >= 11 is 0. The molecule has 1 N–H and O–H groups in total. The second-order valence-electron chi connectivity index (χ2n) is 4.38. The van der Waals surface area contributed by atoms with Crippen molar-refractivity contribution in [2.45, 2.75) is 65.5 Å². The lowest BCUT2D eigenvalue weighted by Crippen LogP contribution is -2.17. The summed E-state index contributed by atoms with van der Waals surface area (Å²) in [4.78, 5) is 0. The number of nitrogens with zero attached hydrogens (tertiary/aromatic N) is 2. The van der Waals surface area contributed by atoms with E-state index < -0.39 is 0 Å². The summed E-state index contributed by atoms with van der Waals surface area (Å²) in [5.74, 6) is 0. The molecule has 0 aromatic carbocycles. The zero-order valence-corrected chi connectivity index (χ0v) is 10.9. The van der Waals surface area contributed by atoms with Gasteiger partial charge >= 0.3 is 0 Å². The topological polar surface area (TPSA) is 29.9 Å². The molecule has 0 bridgehead atoms. The molecule has 0 saturated heterocycles. The van der Waals surface area contributed by atoms with Crippen molar-refractivity contribution < 1.29 is 0 Å². The molecule has 0 aliphatic heterocycles. The summed E-state index contributed by atoms with van der Waals surface area (Å²) in [6, 6.07) is 0.597. The fourth-order valence-corrected chi connectivity index (χ4v) is 1.85. The largest absolute Gasteiger partial charge is 0.380 e. The average molecular weight is 223 g/mol. The fourth-order valence-electron chi connectivity index (χ4n) is 1.85. The minimum absolute atomic E-state index is 0.597. The van der Waals surface area contributed by atoms with Crippen LogP contribution in [0.1, 0.15) is 52.9 Å². The van der Waals surface area contributed by atoms with Gasteiger partial charge in [-0.05, 0) is 19.3 Å². The van der Waals surface area contributed by atoms with Crippen LogP contribution in [0.3, 0.4) is 0 Å². The Labute approximate surface area is 99.2 Å². The number of rotatable bonds is 8. The third-order valence-electron chi connectivity index (χ3n) is 2.86. The Bertz CT molecular complexity index is 280. The Hall–Kier alpha value is -0.990. The molecule has 92 valence electrons. The van der Waals surface area contributed by atoms with E-state index in [1.54, 1.807) is 0 Å². The maximum Gasteiger partial charge on any atom is 0.0728 e. The molecule has 0 fully saturated rings. The number of aryl methyl sites for hydroxylation is 1. The van der Waals surface area contributed by atoms with Gasteiger partial charge in [-0.15, -0.1) is 0 Å². The van der Waals surface area contributed by atoms with Crippen LogP contribution in [0.5, 0.6) is 0 Å². The molecule has 3 heteroatoms. The molecule has 0 saturated carbocycles. The molecule has 0 radical (unpaired) electrons. The highest BCUT2D eigenvalue weighted by atomic mass is 15.3. The van der Waals surface area contributed by atoms with Crippen LogP contribution in [0.4, 0.5) is 5.69 Å². The van der Waals surface area contributed by atoms with Gasteiger partial charge in [0.05, 0.1) is 11.9 Å². The molecule has 1 heterocycles. The molecular formula is C13H25N3. The third-order valence-corrected chi connectivity index (χ3v) is 2.86. The Balaban J connectivity index is 2.43. The number of aromatic nitrogens is 2. The van der Waals surface area contributed by atoms with Crippen LogP contribution in [0.25, 0.3) is 0 Å². The lowest BCUT2D eigenvalue weighted by atomic mass is 10.1. The zero-order chi connectivity index (χ0) is 11.8. The van der Waals surface area contributed by atoms with E-state index in [2.05, 4.69) is 37.4 Å². The summed E-state index contributed by atoms with van der Waals surface area (Å²) in [6.07, 6.45) is 10.2. The van der Waals surface area contributed by atoms with Gasteiger partial charge in [-0.25, -0.2) is 0 Å². The number of nitrogens with one attached hydrogen (secondary N) is 1.